The molecule has 8 heteroatoms. The van der Waals surface area contributed by atoms with Crippen molar-refractivity contribution in [3.63, 3.8) is 0 Å². The first-order valence-electron chi connectivity index (χ1n) is 7.49. The van der Waals surface area contributed by atoms with Crippen molar-refractivity contribution in [1.82, 2.24) is 14.9 Å². The first-order valence-corrected chi connectivity index (χ1v) is 8.47. The first-order chi connectivity index (χ1) is 12.1. The molecule has 0 saturated carbocycles. The van der Waals surface area contributed by atoms with E-state index in [1.54, 1.807) is 34.8 Å². The molecule has 2 aromatic carbocycles. The van der Waals surface area contributed by atoms with Crippen molar-refractivity contribution < 1.29 is 4.92 Å². The van der Waals surface area contributed by atoms with Gasteiger partial charge in [0.05, 0.1) is 11.1 Å². The molecular formula is C17H15N5O2S. The van der Waals surface area contributed by atoms with E-state index in [0.717, 1.165) is 11.3 Å². The molecule has 0 amide bonds. The molecule has 0 aliphatic rings. The number of benzene rings is 2. The molecule has 0 bridgehead atoms. The van der Waals surface area contributed by atoms with Crippen LogP contribution in [-0.4, -0.2) is 26.0 Å². The van der Waals surface area contributed by atoms with E-state index < -0.39 is 4.92 Å². The molecular weight excluding hydrogens is 338 g/mol. The molecule has 0 aliphatic heterocycles. The summed E-state index contributed by atoms with van der Waals surface area (Å²) in [4.78, 5) is 10.2. The predicted molar refractivity (Wildman–Crippen MR) is 96.9 cm³/mol. The maximum atomic E-state index is 10.7. The van der Waals surface area contributed by atoms with E-state index in [4.69, 9.17) is 0 Å². The van der Waals surface area contributed by atoms with Crippen molar-refractivity contribution in [1.29, 1.82) is 0 Å². The maximum absolute atomic E-state index is 10.7. The number of nitrogens with zero attached hydrogens (tertiary/aromatic N) is 5. The SMILES string of the molecule is Cc1ccc(CSc2nncn2N=Cc2ccc([N+](=O)[O-])cc2)cc1. The van der Waals surface area contributed by atoms with Crippen molar-refractivity contribution in [2.24, 2.45) is 5.10 Å². The summed E-state index contributed by atoms with van der Waals surface area (Å²) in [6, 6.07) is 14.5. The minimum Gasteiger partial charge on any atom is -0.258 e. The van der Waals surface area contributed by atoms with Crippen LogP contribution in [-0.2, 0) is 5.75 Å². The van der Waals surface area contributed by atoms with Crippen LogP contribution in [0.1, 0.15) is 16.7 Å². The summed E-state index contributed by atoms with van der Waals surface area (Å²) < 4.78 is 1.58. The Bertz CT molecular complexity index is 888. The molecule has 0 aliphatic carbocycles. The molecule has 0 unspecified atom stereocenters. The second-order valence-corrected chi connectivity index (χ2v) is 6.27. The average Bonchev–Trinajstić information content (AvgIpc) is 3.07. The lowest BCUT2D eigenvalue weighted by atomic mass is 10.2. The third-order valence-electron chi connectivity index (χ3n) is 3.42. The van der Waals surface area contributed by atoms with E-state index in [1.165, 1.54) is 29.6 Å². The molecule has 7 nitrogen and oxygen atoms in total. The van der Waals surface area contributed by atoms with Crippen molar-refractivity contribution in [3.05, 3.63) is 81.7 Å². The molecule has 1 aromatic heterocycles. The maximum Gasteiger partial charge on any atom is 0.269 e. The second kappa shape index (κ2) is 7.71. The molecule has 0 N–H and O–H groups in total. The van der Waals surface area contributed by atoms with E-state index in [1.807, 2.05) is 0 Å². The topological polar surface area (TPSA) is 86.2 Å². The zero-order valence-electron chi connectivity index (χ0n) is 13.4. The Kier molecular flexibility index (Phi) is 5.20. The van der Waals surface area contributed by atoms with Crippen molar-refractivity contribution in [3.8, 4) is 0 Å². The van der Waals surface area contributed by atoms with Crippen LogP contribution < -0.4 is 0 Å². The summed E-state index contributed by atoms with van der Waals surface area (Å²) in [6.07, 6.45) is 3.14. The van der Waals surface area contributed by atoms with Crippen LogP contribution in [0, 0.1) is 17.0 Å². The number of non-ortho nitro benzene ring substituents is 1. The van der Waals surface area contributed by atoms with Gasteiger partial charge in [-0.15, -0.1) is 10.2 Å². The van der Waals surface area contributed by atoms with Crippen molar-refractivity contribution >= 4 is 23.7 Å². The number of aromatic nitrogens is 3. The normalized spacial score (nSPS) is 11.1. The zero-order chi connectivity index (χ0) is 17.6. The average molecular weight is 353 g/mol. The molecule has 1 heterocycles. The van der Waals surface area contributed by atoms with Gasteiger partial charge in [-0.05, 0) is 30.2 Å². The van der Waals surface area contributed by atoms with Gasteiger partial charge < -0.3 is 0 Å². The molecule has 0 radical (unpaired) electrons. The first kappa shape index (κ1) is 16.8. The van der Waals surface area contributed by atoms with Gasteiger partial charge in [0, 0.05) is 17.9 Å². The monoisotopic (exact) mass is 353 g/mol. The molecule has 25 heavy (non-hydrogen) atoms. The van der Waals surface area contributed by atoms with E-state index in [-0.39, 0.29) is 5.69 Å². The Hall–Kier alpha value is -3.00. The Morgan fingerprint density at radius 2 is 1.92 bits per heavy atom. The van der Waals surface area contributed by atoms with Crippen LogP contribution in [0.4, 0.5) is 5.69 Å². The number of nitro benzene ring substituents is 1. The van der Waals surface area contributed by atoms with Crippen molar-refractivity contribution in [2.45, 2.75) is 17.8 Å². The highest BCUT2D eigenvalue weighted by atomic mass is 32.2. The number of thioether (sulfide) groups is 1. The molecule has 3 aromatic rings. The quantitative estimate of drug-likeness (QED) is 0.292. The van der Waals surface area contributed by atoms with Gasteiger partial charge in [-0.3, -0.25) is 10.1 Å². The summed E-state index contributed by atoms with van der Waals surface area (Å²) in [7, 11) is 0. The van der Waals surface area contributed by atoms with Gasteiger partial charge in [-0.1, -0.05) is 41.6 Å². The highest BCUT2D eigenvalue weighted by Crippen LogP contribution is 2.20. The van der Waals surface area contributed by atoms with Gasteiger partial charge in [0.1, 0.15) is 6.33 Å². The summed E-state index contributed by atoms with van der Waals surface area (Å²) in [5, 5.41) is 23.6. The van der Waals surface area contributed by atoms with E-state index in [9.17, 15) is 10.1 Å². The van der Waals surface area contributed by atoms with Gasteiger partial charge in [-0.25, -0.2) is 0 Å². The van der Waals surface area contributed by atoms with Gasteiger partial charge in [0.15, 0.2) is 0 Å². The lowest BCUT2D eigenvalue weighted by Crippen LogP contribution is -1.93. The molecule has 0 atom stereocenters. The van der Waals surface area contributed by atoms with Crippen LogP contribution in [0.25, 0.3) is 0 Å². The second-order valence-electron chi connectivity index (χ2n) is 5.33. The molecule has 126 valence electrons. The van der Waals surface area contributed by atoms with Crippen LogP contribution >= 0.6 is 11.8 Å². The number of hydrogen-bond donors (Lipinski definition) is 0. The van der Waals surface area contributed by atoms with E-state index >= 15 is 0 Å². The highest BCUT2D eigenvalue weighted by molar-refractivity contribution is 7.98. The fourth-order valence-corrected chi connectivity index (χ4v) is 2.86. The van der Waals surface area contributed by atoms with Crippen LogP contribution in [0.15, 0.2) is 65.1 Å². The van der Waals surface area contributed by atoms with Gasteiger partial charge in [0.2, 0.25) is 5.16 Å². The summed E-state index contributed by atoms with van der Waals surface area (Å²) >= 11 is 1.54. The summed E-state index contributed by atoms with van der Waals surface area (Å²) in [5.41, 5.74) is 3.23. The fraction of sp³-hybridized carbons (Fsp3) is 0.118. The number of rotatable bonds is 6. The fourth-order valence-electron chi connectivity index (χ4n) is 2.04. The summed E-state index contributed by atoms with van der Waals surface area (Å²) in [6.45, 7) is 2.06. The largest absolute Gasteiger partial charge is 0.269 e. The van der Waals surface area contributed by atoms with Crippen molar-refractivity contribution in [2.75, 3.05) is 0 Å². The predicted octanol–water partition coefficient (Wildman–Crippen LogP) is 3.67. The van der Waals surface area contributed by atoms with Crippen LogP contribution in [0.3, 0.4) is 0 Å². The Morgan fingerprint density at radius 3 is 2.60 bits per heavy atom. The smallest absolute Gasteiger partial charge is 0.258 e. The van der Waals surface area contributed by atoms with Gasteiger partial charge >= 0.3 is 0 Å². The molecule has 0 fully saturated rings. The number of aryl methyl sites for hydroxylation is 1. The Labute approximate surface area is 148 Å². The molecule has 0 spiro atoms. The van der Waals surface area contributed by atoms with E-state index in [0.29, 0.717) is 5.16 Å². The minimum atomic E-state index is -0.430. The van der Waals surface area contributed by atoms with Crippen LogP contribution in [0.2, 0.25) is 0 Å². The van der Waals surface area contributed by atoms with E-state index in [2.05, 4.69) is 46.5 Å². The Balaban J connectivity index is 1.66. The summed E-state index contributed by atoms with van der Waals surface area (Å²) in [5.74, 6) is 0.770. The van der Waals surface area contributed by atoms with Gasteiger partial charge in [0.25, 0.3) is 5.69 Å². The Morgan fingerprint density at radius 1 is 1.20 bits per heavy atom. The third kappa shape index (κ3) is 4.51. The lowest BCUT2D eigenvalue weighted by Gasteiger charge is -2.02. The number of hydrogen-bond acceptors (Lipinski definition) is 6. The third-order valence-corrected chi connectivity index (χ3v) is 4.43. The number of nitro groups is 1. The molecule has 3 rings (SSSR count). The zero-order valence-corrected chi connectivity index (χ0v) is 14.3. The minimum absolute atomic E-state index is 0.0517. The standard InChI is InChI=1S/C17H15N5O2S/c1-13-2-4-15(5-3-13)11-25-17-20-18-12-21(17)19-10-14-6-8-16(9-7-14)22(23)24/h2-10,12H,11H2,1H3. The highest BCUT2D eigenvalue weighted by Gasteiger charge is 2.05. The van der Waals surface area contributed by atoms with Gasteiger partial charge in [-0.2, -0.15) is 9.78 Å². The van der Waals surface area contributed by atoms with Crippen LogP contribution in [0.5, 0.6) is 0 Å². The lowest BCUT2D eigenvalue weighted by molar-refractivity contribution is -0.384. The molecule has 0 saturated heterocycles.